The molecule has 0 saturated carbocycles. The fraction of sp³-hybridized carbons (Fsp3) is 0.375. The number of nitrogens with one attached hydrogen (secondary N) is 1. The molecule has 68 valence electrons. The highest BCUT2D eigenvalue weighted by Gasteiger charge is 2.02. The van der Waals surface area contributed by atoms with E-state index in [0.29, 0.717) is 12.3 Å². The minimum Gasteiger partial charge on any atom is -0.313 e. The first kappa shape index (κ1) is 8.12. The van der Waals surface area contributed by atoms with Gasteiger partial charge in [0, 0.05) is 12.4 Å². The van der Waals surface area contributed by atoms with Gasteiger partial charge >= 0.3 is 0 Å². The van der Waals surface area contributed by atoms with Crippen molar-refractivity contribution in [3.63, 3.8) is 0 Å². The zero-order chi connectivity index (χ0) is 9.26. The van der Waals surface area contributed by atoms with E-state index in [9.17, 15) is 0 Å². The predicted molar refractivity (Wildman–Crippen MR) is 48.3 cm³/mol. The second kappa shape index (κ2) is 3.10. The minimum absolute atomic E-state index is 0.649. The summed E-state index contributed by atoms with van der Waals surface area (Å²) in [6.07, 6.45) is 3.70. The topological polar surface area (TPSA) is 55.1 Å². The van der Waals surface area contributed by atoms with Crippen LogP contribution >= 0.6 is 0 Å². The Morgan fingerprint density at radius 3 is 3.15 bits per heavy atom. The Balaban J connectivity index is 2.49. The molecule has 13 heavy (non-hydrogen) atoms. The van der Waals surface area contributed by atoms with Crippen LogP contribution in [0.4, 0.5) is 0 Å². The standard InChI is InChI=1S/C8H11N5/c1-6-3-10-8-11-7(4-9-2)12-13(8)5-6/h3,5,9H,4H2,1-2H3. The molecule has 0 bridgehead atoms. The Morgan fingerprint density at radius 2 is 2.38 bits per heavy atom. The highest BCUT2D eigenvalue weighted by atomic mass is 15.3. The molecule has 5 nitrogen and oxygen atoms in total. The molecule has 0 aromatic carbocycles. The Hall–Kier alpha value is -1.49. The van der Waals surface area contributed by atoms with Gasteiger partial charge in [-0.2, -0.15) is 4.98 Å². The number of hydrogen-bond acceptors (Lipinski definition) is 4. The quantitative estimate of drug-likeness (QED) is 0.709. The molecule has 0 amide bonds. The lowest BCUT2D eigenvalue weighted by atomic mass is 10.4. The maximum absolute atomic E-state index is 4.24. The van der Waals surface area contributed by atoms with Gasteiger partial charge in [0.1, 0.15) is 0 Å². The normalized spacial score (nSPS) is 10.9. The monoisotopic (exact) mass is 177 g/mol. The smallest absolute Gasteiger partial charge is 0.252 e. The van der Waals surface area contributed by atoms with Crippen LogP contribution in [0.25, 0.3) is 5.78 Å². The number of hydrogen-bond donors (Lipinski definition) is 1. The van der Waals surface area contributed by atoms with E-state index in [-0.39, 0.29) is 0 Å². The Morgan fingerprint density at radius 1 is 1.54 bits per heavy atom. The van der Waals surface area contributed by atoms with Crippen molar-refractivity contribution in [3.8, 4) is 0 Å². The second-order valence-corrected chi connectivity index (χ2v) is 2.93. The maximum atomic E-state index is 4.24. The van der Waals surface area contributed by atoms with Crippen LogP contribution in [-0.4, -0.2) is 26.6 Å². The first-order chi connectivity index (χ1) is 6.29. The number of nitrogens with zero attached hydrogens (tertiary/aromatic N) is 4. The molecule has 0 aliphatic rings. The largest absolute Gasteiger partial charge is 0.313 e. The maximum Gasteiger partial charge on any atom is 0.252 e. The van der Waals surface area contributed by atoms with E-state index in [2.05, 4.69) is 20.4 Å². The third-order valence-electron chi connectivity index (χ3n) is 1.70. The Labute approximate surface area is 75.8 Å². The summed E-state index contributed by atoms with van der Waals surface area (Å²) in [4.78, 5) is 8.37. The summed E-state index contributed by atoms with van der Waals surface area (Å²) in [5.41, 5.74) is 1.08. The van der Waals surface area contributed by atoms with Crippen LogP contribution in [0.5, 0.6) is 0 Å². The summed E-state index contributed by atoms with van der Waals surface area (Å²) in [7, 11) is 1.87. The highest BCUT2D eigenvalue weighted by molar-refractivity contribution is 5.27. The molecular formula is C8H11N5. The number of aromatic nitrogens is 4. The van der Waals surface area contributed by atoms with Crippen LogP contribution in [0, 0.1) is 6.92 Å². The summed E-state index contributed by atoms with van der Waals surface area (Å²) < 4.78 is 1.70. The van der Waals surface area contributed by atoms with Gasteiger partial charge < -0.3 is 5.32 Å². The van der Waals surface area contributed by atoms with Crippen molar-refractivity contribution in [1.82, 2.24) is 24.9 Å². The Kier molecular flexibility index (Phi) is 1.94. The van der Waals surface area contributed by atoms with Crippen molar-refractivity contribution in [2.45, 2.75) is 13.5 Å². The molecule has 0 radical (unpaired) electrons. The zero-order valence-corrected chi connectivity index (χ0v) is 7.65. The summed E-state index contributed by atoms with van der Waals surface area (Å²) in [6.45, 7) is 2.65. The molecule has 0 aliphatic carbocycles. The Bertz CT molecular complexity index is 419. The van der Waals surface area contributed by atoms with Gasteiger partial charge in [0.05, 0.1) is 6.54 Å². The first-order valence-electron chi connectivity index (χ1n) is 4.12. The molecule has 0 aliphatic heterocycles. The third kappa shape index (κ3) is 1.50. The molecule has 5 heteroatoms. The lowest BCUT2D eigenvalue weighted by Gasteiger charge is -1.90. The molecule has 2 aromatic rings. The summed E-state index contributed by atoms with van der Waals surface area (Å²) >= 11 is 0. The fourth-order valence-corrected chi connectivity index (χ4v) is 1.15. The van der Waals surface area contributed by atoms with Gasteiger partial charge in [0.2, 0.25) is 0 Å². The van der Waals surface area contributed by atoms with Gasteiger partial charge in [-0.15, -0.1) is 5.10 Å². The fourth-order valence-electron chi connectivity index (χ4n) is 1.15. The number of rotatable bonds is 2. The van der Waals surface area contributed by atoms with Gasteiger partial charge in [-0.1, -0.05) is 0 Å². The summed E-state index contributed by atoms with van der Waals surface area (Å²) in [5, 5.41) is 7.24. The zero-order valence-electron chi connectivity index (χ0n) is 7.65. The van der Waals surface area contributed by atoms with Crippen LogP contribution in [0.3, 0.4) is 0 Å². The second-order valence-electron chi connectivity index (χ2n) is 2.93. The van der Waals surface area contributed by atoms with Gasteiger partial charge in [-0.05, 0) is 19.5 Å². The van der Waals surface area contributed by atoms with Gasteiger partial charge in [-0.25, -0.2) is 9.50 Å². The highest BCUT2D eigenvalue weighted by Crippen LogP contribution is 1.99. The minimum atomic E-state index is 0.649. The van der Waals surface area contributed by atoms with Crippen molar-refractivity contribution < 1.29 is 0 Å². The first-order valence-corrected chi connectivity index (χ1v) is 4.12. The average Bonchev–Trinajstić information content (AvgIpc) is 2.46. The summed E-state index contributed by atoms with van der Waals surface area (Å²) in [6, 6.07) is 0. The molecule has 1 N–H and O–H groups in total. The van der Waals surface area contributed by atoms with E-state index >= 15 is 0 Å². The SMILES string of the molecule is CNCc1nc2ncc(C)cn2n1. The molecular weight excluding hydrogens is 166 g/mol. The van der Waals surface area contributed by atoms with Gasteiger partial charge in [-0.3, -0.25) is 0 Å². The average molecular weight is 177 g/mol. The van der Waals surface area contributed by atoms with Crippen LogP contribution in [-0.2, 0) is 6.54 Å². The van der Waals surface area contributed by atoms with Crippen molar-refractivity contribution in [2.24, 2.45) is 0 Å². The van der Waals surface area contributed by atoms with Crippen molar-refractivity contribution in [3.05, 3.63) is 23.8 Å². The van der Waals surface area contributed by atoms with E-state index in [0.717, 1.165) is 11.4 Å². The van der Waals surface area contributed by atoms with Crippen molar-refractivity contribution in [1.29, 1.82) is 0 Å². The number of aryl methyl sites for hydroxylation is 1. The van der Waals surface area contributed by atoms with E-state index in [1.165, 1.54) is 0 Å². The number of fused-ring (bicyclic) bond motifs is 1. The van der Waals surface area contributed by atoms with Gasteiger partial charge in [0.15, 0.2) is 5.82 Å². The van der Waals surface area contributed by atoms with Crippen LogP contribution in [0.1, 0.15) is 11.4 Å². The molecule has 0 unspecified atom stereocenters. The van der Waals surface area contributed by atoms with E-state index in [1.54, 1.807) is 10.7 Å². The van der Waals surface area contributed by atoms with Crippen LogP contribution in [0.15, 0.2) is 12.4 Å². The molecule has 0 spiro atoms. The van der Waals surface area contributed by atoms with Crippen molar-refractivity contribution >= 4 is 5.78 Å². The van der Waals surface area contributed by atoms with E-state index in [4.69, 9.17) is 0 Å². The lowest BCUT2D eigenvalue weighted by molar-refractivity contribution is 0.752. The summed E-state index contributed by atoms with van der Waals surface area (Å²) in [5.74, 6) is 1.41. The third-order valence-corrected chi connectivity index (χ3v) is 1.70. The van der Waals surface area contributed by atoms with Crippen LogP contribution < -0.4 is 5.32 Å². The van der Waals surface area contributed by atoms with E-state index in [1.807, 2.05) is 20.2 Å². The van der Waals surface area contributed by atoms with Crippen molar-refractivity contribution in [2.75, 3.05) is 7.05 Å². The molecule has 0 fully saturated rings. The molecule has 2 heterocycles. The van der Waals surface area contributed by atoms with Gasteiger partial charge in [0.25, 0.3) is 5.78 Å². The predicted octanol–water partition coefficient (Wildman–Crippen LogP) is 0.152. The molecule has 0 atom stereocenters. The molecule has 2 aromatic heterocycles. The van der Waals surface area contributed by atoms with E-state index < -0.39 is 0 Å². The van der Waals surface area contributed by atoms with Crippen LogP contribution in [0.2, 0.25) is 0 Å². The molecule has 2 rings (SSSR count). The molecule has 0 saturated heterocycles. The lowest BCUT2D eigenvalue weighted by Crippen LogP contribution is -2.06.